The molecule has 0 bridgehead atoms. The molecule has 2 aromatic rings. The molecular weight excluding hydrogens is 231 g/mol. The van der Waals surface area contributed by atoms with Gasteiger partial charge in [0.15, 0.2) is 11.6 Å². The number of benzene rings is 1. The first-order chi connectivity index (χ1) is 8.79. The third kappa shape index (κ3) is 1.80. The number of aromatic nitrogens is 3. The Labute approximate surface area is 105 Å². The molecule has 0 spiro atoms. The normalized spacial score (nSPS) is 18.7. The second kappa shape index (κ2) is 4.49. The monoisotopic (exact) mass is 246 g/mol. The van der Waals surface area contributed by atoms with Gasteiger partial charge in [-0.1, -0.05) is 6.92 Å². The second-order valence-corrected chi connectivity index (χ2v) is 4.46. The summed E-state index contributed by atoms with van der Waals surface area (Å²) in [6, 6.07) is 6.66. The Morgan fingerprint density at radius 2 is 2.11 bits per heavy atom. The Kier molecular flexibility index (Phi) is 2.83. The van der Waals surface area contributed by atoms with Crippen molar-refractivity contribution in [2.45, 2.75) is 25.9 Å². The number of fused-ring (bicyclic) bond motifs is 1. The van der Waals surface area contributed by atoms with Gasteiger partial charge < -0.3 is 9.88 Å². The van der Waals surface area contributed by atoms with Gasteiger partial charge in [0.1, 0.15) is 5.82 Å². The minimum atomic E-state index is -0.231. The molecule has 0 saturated carbocycles. The molecule has 1 aliphatic heterocycles. The standard InChI is InChI=1S/C13H15FN4/c1-2-11-13-17-16-12(18(13)8-7-15-11)9-3-5-10(14)6-4-9/h3-6,11,15H,2,7-8H2,1H3. The summed E-state index contributed by atoms with van der Waals surface area (Å²) in [5.41, 5.74) is 0.909. The van der Waals surface area contributed by atoms with Crippen LogP contribution in [0, 0.1) is 5.82 Å². The molecule has 2 heterocycles. The molecule has 0 amide bonds. The van der Waals surface area contributed by atoms with Crippen LogP contribution in [0.2, 0.25) is 0 Å². The smallest absolute Gasteiger partial charge is 0.164 e. The fourth-order valence-electron chi connectivity index (χ4n) is 2.37. The molecule has 1 aromatic heterocycles. The maximum absolute atomic E-state index is 12.9. The van der Waals surface area contributed by atoms with Gasteiger partial charge in [0.2, 0.25) is 0 Å². The summed E-state index contributed by atoms with van der Waals surface area (Å²) in [5.74, 6) is 1.57. The molecule has 1 aliphatic rings. The molecule has 3 rings (SSSR count). The van der Waals surface area contributed by atoms with Gasteiger partial charge in [-0.05, 0) is 30.7 Å². The Morgan fingerprint density at radius 3 is 2.83 bits per heavy atom. The Hall–Kier alpha value is -1.75. The van der Waals surface area contributed by atoms with E-state index in [1.165, 1.54) is 12.1 Å². The predicted molar refractivity (Wildman–Crippen MR) is 66.5 cm³/mol. The topological polar surface area (TPSA) is 42.7 Å². The fourth-order valence-corrected chi connectivity index (χ4v) is 2.37. The molecule has 1 N–H and O–H groups in total. The minimum Gasteiger partial charge on any atom is -0.308 e. The zero-order chi connectivity index (χ0) is 12.5. The van der Waals surface area contributed by atoms with E-state index in [0.29, 0.717) is 0 Å². The molecule has 94 valence electrons. The molecule has 18 heavy (non-hydrogen) atoms. The Bertz CT molecular complexity index is 547. The van der Waals surface area contributed by atoms with E-state index in [-0.39, 0.29) is 11.9 Å². The third-order valence-corrected chi connectivity index (χ3v) is 3.33. The summed E-state index contributed by atoms with van der Waals surface area (Å²) in [7, 11) is 0. The average Bonchev–Trinajstić information content (AvgIpc) is 2.83. The van der Waals surface area contributed by atoms with Crippen molar-refractivity contribution in [2.24, 2.45) is 0 Å². The fraction of sp³-hybridized carbons (Fsp3) is 0.385. The van der Waals surface area contributed by atoms with Crippen LogP contribution in [0.4, 0.5) is 4.39 Å². The van der Waals surface area contributed by atoms with Crippen molar-refractivity contribution in [3.05, 3.63) is 35.9 Å². The van der Waals surface area contributed by atoms with Crippen molar-refractivity contribution in [2.75, 3.05) is 6.54 Å². The highest BCUT2D eigenvalue weighted by atomic mass is 19.1. The SMILES string of the molecule is CCC1NCCn2c(-c3ccc(F)cc3)nnc21. The van der Waals surface area contributed by atoms with Crippen molar-refractivity contribution in [1.29, 1.82) is 0 Å². The third-order valence-electron chi connectivity index (χ3n) is 3.33. The lowest BCUT2D eigenvalue weighted by Crippen LogP contribution is -2.33. The lowest BCUT2D eigenvalue weighted by Gasteiger charge is -2.24. The summed E-state index contributed by atoms with van der Waals surface area (Å²) in [5, 5.41) is 11.9. The molecule has 0 saturated heterocycles. The predicted octanol–water partition coefficient (Wildman–Crippen LogP) is 2.14. The van der Waals surface area contributed by atoms with E-state index in [1.54, 1.807) is 12.1 Å². The van der Waals surface area contributed by atoms with Gasteiger partial charge in [-0.3, -0.25) is 0 Å². The van der Waals surface area contributed by atoms with Crippen molar-refractivity contribution in [1.82, 2.24) is 20.1 Å². The van der Waals surface area contributed by atoms with Crippen LogP contribution in [0.5, 0.6) is 0 Å². The lowest BCUT2D eigenvalue weighted by atomic mass is 10.1. The van der Waals surface area contributed by atoms with E-state index in [2.05, 4.69) is 27.0 Å². The molecule has 5 heteroatoms. The summed E-state index contributed by atoms with van der Waals surface area (Å²) < 4.78 is 15.1. The van der Waals surface area contributed by atoms with Gasteiger partial charge in [-0.15, -0.1) is 10.2 Å². The van der Waals surface area contributed by atoms with E-state index in [1.807, 2.05) is 0 Å². The van der Waals surface area contributed by atoms with Crippen molar-refractivity contribution in [3.63, 3.8) is 0 Å². The van der Waals surface area contributed by atoms with Crippen LogP contribution in [0.1, 0.15) is 25.2 Å². The van der Waals surface area contributed by atoms with Gasteiger partial charge in [0, 0.05) is 18.7 Å². The van der Waals surface area contributed by atoms with Gasteiger partial charge in [-0.2, -0.15) is 0 Å². The van der Waals surface area contributed by atoms with Crippen molar-refractivity contribution < 1.29 is 4.39 Å². The second-order valence-electron chi connectivity index (χ2n) is 4.46. The minimum absolute atomic E-state index is 0.231. The molecule has 0 fully saturated rings. The molecule has 4 nitrogen and oxygen atoms in total. The van der Waals surface area contributed by atoms with Crippen LogP contribution in [0.3, 0.4) is 0 Å². The van der Waals surface area contributed by atoms with E-state index in [9.17, 15) is 4.39 Å². The molecule has 1 atom stereocenters. The van der Waals surface area contributed by atoms with E-state index >= 15 is 0 Å². The number of nitrogens with one attached hydrogen (secondary N) is 1. The van der Waals surface area contributed by atoms with Crippen LogP contribution < -0.4 is 5.32 Å². The van der Waals surface area contributed by atoms with Crippen molar-refractivity contribution in [3.8, 4) is 11.4 Å². The first-order valence-electron chi connectivity index (χ1n) is 6.22. The average molecular weight is 246 g/mol. The number of hydrogen-bond acceptors (Lipinski definition) is 3. The van der Waals surface area contributed by atoms with Gasteiger partial charge in [-0.25, -0.2) is 4.39 Å². The number of nitrogens with zero attached hydrogens (tertiary/aromatic N) is 3. The molecule has 0 radical (unpaired) electrons. The summed E-state index contributed by atoms with van der Waals surface area (Å²) in [6.07, 6.45) is 0.988. The zero-order valence-electron chi connectivity index (χ0n) is 10.2. The van der Waals surface area contributed by atoms with Crippen LogP contribution in [0.25, 0.3) is 11.4 Å². The quantitative estimate of drug-likeness (QED) is 0.882. The largest absolute Gasteiger partial charge is 0.308 e. The molecule has 0 aliphatic carbocycles. The van der Waals surface area contributed by atoms with Gasteiger partial charge in [0.25, 0.3) is 0 Å². The van der Waals surface area contributed by atoms with Gasteiger partial charge in [0.05, 0.1) is 6.04 Å². The van der Waals surface area contributed by atoms with E-state index in [0.717, 1.165) is 36.7 Å². The Balaban J connectivity index is 2.04. The van der Waals surface area contributed by atoms with Crippen LogP contribution in [-0.2, 0) is 6.54 Å². The highest BCUT2D eigenvalue weighted by Gasteiger charge is 2.23. The van der Waals surface area contributed by atoms with Crippen LogP contribution in [0.15, 0.2) is 24.3 Å². The molecule has 1 aromatic carbocycles. The summed E-state index contributed by atoms with van der Waals surface area (Å²) >= 11 is 0. The number of halogens is 1. The zero-order valence-corrected chi connectivity index (χ0v) is 10.2. The highest BCUT2D eigenvalue weighted by molar-refractivity contribution is 5.55. The van der Waals surface area contributed by atoms with E-state index < -0.39 is 0 Å². The summed E-state index contributed by atoms with van der Waals surface area (Å²) in [4.78, 5) is 0. The first kappa shape index (κ1) is 11.3. The van der Waals surface area contributed by atoms with Gasteiger partial charge >= 0.3 is 0 Å². The van der Waals surface area contributed by atoms with Crippen LogP contribution >= 0.6 is 0 Å². The van der Waals surface area contributed by atoms with Crippen LogP contribution in [-0.4, -0.2) is 21.3 Å². The number of rotatable bonds is 2. The molecular formula is C13H15FN4. The summed E-state index contributed by atoms with van der Waals surface area (Å²) in [6.45, 7) is 3.89. The Morgan fingerprint density at radius 1 is 1.33 bits per heavy atom. The van der Waals surface area contributed by atoms with Crippen molar-refractivity contribution >= 4 is 0 Å². The first-order valence-corrected chi connectivity index (χ1v) is 6.22. The number of hydrogen-bond donors (Lipinski definition) is 1. The maximum Gasteiger partial charge on any atom is 0.164 e. The highest BCUT2D eigenvalue weighted by Crippen LogP contribution is 2.25. The molecule has 1 unspecified atom stereocenters. The lowest BCUT2D eigenvalue weighted by molar-refractivity contribution is 0.407. The van der Waals surface area contributed by atoms with E-state index in [4.69, 9.17) is 0 Å². The maximum atomic E-state index is 12.9.